The van der Waals surface area contributed by atoms with Crippen LogP contribution in [0.2, 0.25) is 0 Å². The number of aromatic amines is 1. The van der Waals surface area contributed by atoms with Crippen molar-refractivity contribution >= 4 is 22.9 Å². The summed E-state index contributed by atoms with van der Waals surface area (Å²) in [6.45, 7) is 1.76. The first-order valence-corrected chi connectivity index (χ1v) is 9.84. The van der Waals surface area contributed by atoms with E-state index in [-0.39, 0.29) is 17.9 Å². The van der Waals surface area contributed by atoms with Crippen molar-refractivity contribution in [1.82, 2.24) is 20.1 Å². The van der Waals surface area contributed by atoms with E-state index < -0.39 is 0 Å². The number of aryl methyl sites for hydroxylation is 2. The summed E-state index contributed by atoms with van der Waals surface area (Å²) in [4.78, 5) is 35.3. The van der Waals surface area contributed by atoms with E-state index in [0.717, 1.165) is 5.56 Å². The summed E-state index contributed by atoms with van der Waals surface area (Å²) in [5.41, 5.74) is 2.62. The van der Waals surface area contributed by atoms with Crippen molar-refractivity contribution in [3.8, 4) is 22.8 Å². The van der Waals surface area contributed by atoms with Gasteiger partial charge in [0.05, 0.1) is 0 Å². The van der Waals surface area contributed by atoms with Gasteiger partial charge in [0, 0.05) is 46.8 Å². The van der Waals surface area contributed by atoms with Crippen LogP contribution >= 0.6 is 11.3 Å². The highest BCUT2D eigenvalue weighted by atomic mass is 32.1. The van der Waals surface area contributed by atoms with Crippen molar-refractivity contribution in [3.63, 3.8) is 0 Å². The van der Waals surface area contributed by atoms with Gasteiger partial charge in [0.15, 0.2) is 0 Å². The van der Waals surface area contributed by atoms with E-state index in [1.54, 1.807) is 36.5 Å². The van der Waals surface area contributed by atoms with Crippen molar-refractivity contribution in [1.29, 1.82) is 0 Å². The van der Waals surface area contributed by atoms with E-state index >= 15 is 0 Å². The third-order valence-corrected chi connectivity index (χ3v) is 4.79. The Kier molecular flexibility index (Phi) is 5.30. The van der Waals surface area contributed by atoms with Crippen LogP contribution in [-0.2, 0) is 11.2 Å². The van der Waals surface area contributed by atoms with Gasteiger partial charge in [0.2, 0.25) is 17.6 Å². The molecule has 4 aromatic rings. The number of hydrogen-bond acceptors (Lipinski definition) is 7. The Morgan fingerprint density at radius 1 is 1.21 bits per heavy atom. The number of anilines is 1. The molecule has 0 bridgehead atoms. The lowest BCUT2D eigenvalue weighted by molar-refractivity contribution is -0.116. The van der Waals surface area contributed by atoms with Crippen LogP contribution < -0.4 is 10.9 Å². The second-order valence-corrected chi connectivity index (χ2v) is 7.17. The molecule has 0 fully saturated rings. The number of H-pyrrole nitrogens is 1. The molecule has 3 heterocycles. The molecule has 0 aliphatic rings. The summed E-state index contributed by atoms with van der Waals surface area (Å²) in [5, 5.41) is 10.6. The second-order valence-electron chi connectivity index (χ2n) is 6.39. The number of rotatable bonds is 6. The summed E-state index contributed by atoms with van der Waals surface area (Å²) < 4.78 is 5.21. The van der Waals surface area contributed by atoms with Gasteiger partial charge in [-0.15, -0.1) is 0 Å². The molecule has 0 atom stereocenters. The summed E-state index contributed by atoms with van der Waals surface area (Å²) in [7, 11) is 0. The number of nitrogens with one attached hydrogen (secondary N) is 2. The molecule has 4 rings (SSSR count). The minimum absolute atomic E-state index is 0.178. The molecule has 1 aromatic carbocycles. The number of carbonyl (C=O) groups is 1. The second kappa shape index (κ2) is 8.19. The Morgan fingerprint density at radius 2 is 2.10 bits per heavy atom. The molecule has 9 heteroatoms. The van der Waals surface area contributed by atoms with E-state index in [2.05, 4.69) is 25.4 Å². The zero-order valence-electron chi connectivity index (χ0n) is 15.5. The van der Waals surface area contributed by atoms with Crippen LogP contribution in [0.3, 0.4) is 0 Å². The van der Waals surface area contributed by atoms with Gasteiger partial charge in [-0.2, -0.15) is 16.3 Å². The Labute approximate surface area is 169 Å². The van der Waals surface area contributed by atoms with E-state index in [9.17, 15) is 9.59 Å². The molecule has 0 saturated heterocycles. The summed E-state index contributed by atoms with van der Waals surface area (Å²) in [6.07, 6.45) is 0.546. The smallest absolute Gasteiger partial charge is 0.251 e. The van der Waals surface area contributed by atoms with E-state index in [1.807, 2.05) is 22.9 Å². The number of amides is 1. The Bertz CT molecular complexity index is 1200. The number of hydrogen-bond donors (Lipinski definition) is 2. The fourth-order valence-corrected chi connectivity index (χ4v) is 3.40. The van der Waals surface area contributed by atoms with Crippen molar-refractivity contribution in [3.05, 3.63) is 69.1 Å². The average molecular weight is 407 g/mol. The highest BCUT2D eigenvalue weighted by molar-refractivity contribution is 7.08. The Balaban J connectivity index is 1.39. The minimum Gasteiger partial charge on any atom is -0.339 e. The predicted octanol–water partition coefficient (Wildman–Crippen LogP) is 3.43. The highest BCUT2D eigenvalue weighted by Gasteiger charge is 2.12. The van der Waals surface area contributed by atoms with E-state index in [4.69, 9.17) is 4.52 Å². The SMILES string of the molecule is Cc1cc(=O)[nH]c(-c2cccc(NC(=O)CCc3nc(-c4ccsc4)no3)c2)n1. The zero-order valence-corrected chi connectivity index (χ0v) is 16.3. The van der Waals surface area contributed by atoms with Gasteiger partial charge in [-0.25, -0.2) is 4.98 Å². The number of benzene rings is 1. The zero-order chi connectivity index (χ0) is 20.2. The third kappa shape index (κ3) is 4.64. The fraction of sp³-hybridized carbons (Fsp3) is 0.150. The molecule has 2 N–H and O–H groups in total. The minimum atomic E-state index is -0.219. The van der Waals surface area contributed by atoms with Gasteiger partial charge in [0.1, 0.15) is 5.82 Å². The first-order chi connectivity index (χ1) is 14.1. The molecule has 0 aliphatic carbocycles. The molecule has 1 amide bonds. The quantitative estimate of drug-likeness (QED) is 0.506. The van der Waals surface area contributed by atoms with Crippen LogP contribution in [0.1, 0.15) is 18.0 Å². The predicted molar refractivity (Wildman–Crippen MR) is 110 cm³/mol. The molecule has 8 nitrogen and oxygen atoms in total. The normalized spacial score (nSPS) is 10.8. The van der Waals surface area contributed by atoms with Crippen LogP contribution in [0, 0.1) is 6.92 Å². The van der Waals surface area contributed by atoms with Crippen LogP contribution in [0.5, 0.6) is 0 Å². The summed E-state index contributed by atoms with van der Waals surface area (Å²) in [5.74, 6) is 1.21. The molecule has 0 spiro atoms. The van der Waals surface area contributed by atoms with Gasteiger partial charge < -0.3 is 14.8 Å². The van der Waals surface area contributed by atoms with Crippen molar-refractivity contribution < 1.29 is 9.32 Å². The molecule has 3 aromatic heterocycles. The lowest BCUT2D eigenvalue weighted by atomic mass is 10.1. The van der Waals surface area contributed by atoms with Gasteiger partial charge in [-0.3, -0.25) is 9.59 Å². The van der Waals surface area contributed by atoms with Gasteiger partial charge in [0.25, 0.3) is 5.56 Å². The molecule has 0 saturated carbocycles. The standard InChI is InChI=1S/C20H17N5O3S/c1-12-9-17(27)23-19(21-12)13-3-2-4-15(10-13)22-16(26)5-6-18-24-20(25-28-18)14-7-8-29-11-14/h2-4,7-11H,5-6H2,1H3,(H,22,26)(H,21,23,27). The van der Waals surface area contributed by atoms with Crippen molar-refractivity contribution in [2.24, 2.45) is 0 Å². The monoisotopic (exact) mass is 407 g/mol. The largest absolute Gasteiger partial charge is 0.339 e. The highest BCUT2D eigenvalue weighted by Crippen LogP contribution is 2.20. The maximum absolute atomic E-state index is 12.3. The molecule has 0 unspecified atom stereocenters. The van der Waals surface area contributed by atoms with Crippen molar-refractivity contribution in [2.75, 3.05) is 5.32 Å². The molecule has 29 heavy (non-hydrogen) atoms. The van der Waals surface area contributed by atoms with E-state index in [0.29, 0.717) is 40.9 Å². The molecule has 0 radical (unpaired) electrons. The Morgan fingerprint density at radius 3 is 2.90 bits per heavy atom. The van der Waals surface area contributed by atoms with Gasteiger partial charge >= 0.3 is 0 Å². The number of aromatic nitrogens is 4. The van der Waals surface area contributed by atoms with Gasteiger partial charge in [-0.1, -0.05) is 17.3 Å². The Hall–Kier alpha value is -3.59. The van der Waals surface area contributed by atoms with Crippen LogP contribution in [-0.4, -0.2) is 26.0 Å². The fourth-order valence-electron chi connectivity index (χ4n) is 2.77. The van der Waals surface area contributed by atoms with Crippen molar-refractivity contribution in [2.45, 2.75) is 19.8 Å². The summed E-state index contributed by atoms with van der Waals surface area (Å²) >= 11 is 1.55. The van der Waals surface area contributed by atoms with Crippen LogP contribution in [0.4, 0.5) is 5.69 Å². The number of carbonyl (C=O) groups excluding carboxylic acids is 1. The molecule has 146 valence electrons. The lowest BCUT2D eigenvalue weighted by Crippen LogP contribution is -2.13. The van der Waals surface area contributed by atoms with Crippen LogP contribution in [0.25, 0.3) is 22.8 Å². The molecular formula is C20H17N5O3S. The summed E-state index contributed by atoms with van der Waals surface area (Å²) in [6, 6.07) is 10.5. The first kappa shape index (κ1) is 18.8. The third-order valence-electron chi connectivity index (χ3n) is 4.10. The molecule has 0 aliphatic heterocycles. The molecular weight excluding hydrogens is 390 g/mol. The topological polar surface area (TPSA) is 114 Å². The van der Waals surface area contributed by atoms with Gasteiger partial charge in [-0.05, 0) is 30.5 Å². The average Bonchev–Trinajstić information content (AvgIpc) is 3.37. The lowest BCUT2D eigenvalue weighted by Gasteiger charge is -2.07. The first-order valence-electron chi connectivity index (χ1n) is 8.90. The van der Waals surface area contributed by atoms with E-state index in [1.165, 1.54) is 6.07 Å². The van der Waals surface area contributed by atoms with Crippen LogP contribution in [0.15, 0.2) is 56.5 Å². The maximum Gasteiger partial charge on any atom is 0.251 e. The number of thiophene rings is 1. The maximum atomic E-state index is 12.3. The number of nitrogens with zero attached hydrogens (tertiary/aromatic N) is 3.